The van der Waals surface area contributed by atoms with Crippen LogP contribution in [0.25, 0.3) is 0 Å². The molecule has 22 heavy (non-hydrogen) atoms. The van der Waals surface area contributed by atoms with Gasteiger partial charge < -0.3 is 10.1 Å². The Morgan fingerprint density at radius 2 is 1.86 bits per heavy atom. The summed E-state index contributed by atoms with van der Waals surface area (Å²) in [4.78, 5) is 27.0. The van der Waals surface area contributed by atoms with Crippen molar-refractivity contribution in [2.45, 2.75) is 58.3 Å². The molecule has 0 unspecified atom stereocenters. The minimum absolute atomic E-state index is 0.0942. The third kappa shape index (κ3) is 8.39. The second-order valence-electron chi connectivity index (χ2n) is 5.28. The fraction of sp³-hybridized carbons (Fsp3) is 0.588. The van der Waals surface area contributed by atoms with E-state index in [9.17, 15) is 9.59 Å². The maximum Gasteiger partial charge on any atom is 0.307 e. The number of unbranched alkanes of at least 4 members (excludes halogenated alkanes) is 6. The van der Waals surface area contributed by atoms with Crippen LogP contribution in [0.4, 0.5) is 0 Å². The van der Waals surface area contributed by atoms with Crippen molar-refractivity contribution in [2.75, 3.05) is 6.73 Å². The summed E-state index contributed by atoms with van der Waals surface area (Å²) < 4.78 is 4.99. The van der Waals surface area contributed by atoms with E-state index in [1.807, 2.05) is 0 Å². The van der Waals surface area contributed by atoms with Gasteiger partial charge in [-0.25, -0.2) is 0 Å². The lowest BCUT2D eigenvalue weighted by Crippen LogP contribution is -2.27. The Morgan fingerprint density at radius 1 is 1.14 bits per heavy atom. The zero-order valence-corrected chi connectivity index (χ0v) is 13.3. The van der Waals surface area contributed by atoms with E-state index in [1.165, 1.54) is 38.3 Å². The van der Waals surface area contributed by atoms with Gasteiger partial charge in [0.2, 0.25) is 0 Å². The average molecular weight is 306 g/mol. The van der Waals surface area contributed by atoms with Crippen LogP contribution in [0.5, 0.6) is 0 Å². The van der Waals surface area contributed by atoms with Crippen molar-refractivity contribution in [3.63, 3.8) is 0 Å². The first-order chi connectivity index (χ1) is 10.7. The highest BCUT2D eigenvalue weighted by Gasteiger charge is 2.06. The first-order valence-electron chi connectivity index (χ1n) is 8.08. The minimum atomic E-state index is -0.295. The van der Waals surface area contributed by atoms with Crippen molar-refractivity contribution in [3.8, 4) is 0 Å². The highest BCUT2D eigenvalue weighted by atomic mass is 16.5. The van der Waals surface area contributed by atoms with E-state index in [2.05, 4.69) is 17.2 Å². The zero-order valence-electron chi connectivity index (χ0n) is 13.3. The predicted molar refractivity (Wildman–Crippen MR) is 85.3 cm³/mol. The predicted octanol–water partition coefficient (Wildman–Crippen LogP) is 3.45. The molecule has 0 fully saturated rings. The highest BCUT2D eigenvalue weighted by molar-refractivity contribution is 5.93. The Kier molecular flexibility index (Phi) is 9.66. The van der Waals surface area contributed by atoms with Crippen LogP contribution in [0.2, 0.25) is 0 Å². The number of hydrogen-bond donors (Lipinski definition) is 1. The molecule has 0 bridgehead atoms. The van der Waals surface area contributed by atoms with Gasteiger partial charge in [-0.2, -0.15) is 0 Å². The second-order valence-corrected chi connectivity index (χ2v) is 5.28. The van der Waals surface area contributed by atoms with Crippen LogP contribution in [0, 0.1) is 0 Å². The Balaban J connectivity index is 2.00. The quantitative estimate of drug-likeness (QED) is 0.386. The van der Waals surface area contributed by atoms with Crippen LogP contribution in [-0.2, 0) is 9.53 Å². The Hall–Kier alpha value is -1.91. The molecule has 1 aromatic rings. The normalized spacial score (nSPS) is 10.2. The molecule has 1 rings (SSSR count). The number of amides is 1. The van der Waals surface area contributed by atoms with Crippen LogP contribution in [0.1, 0.15) is 68.6 Å². The lowest BCUT2D eigenvalue weighted by atomic mass is 10.1. The zero-order chi connectivity index (χ0) is 16.0. The molecule has 0 spiro atoms. The smallest absolute Gasteiger partial charge is 0.307 e. The molecule has 5 heteroatoms. The van der Waals surface area contributed by atoms with E-state index >= 15 is 0 Å². The molecule has 0 aliphatic rings. The molecule has 0 atom stereocenters. The van der Waals surface area contributed by atoms with Crippen LogP contribution in [-0.4, -0.2) is 23.6 Å². The molecule has 1 aromatic heterocycles. The van der Waals surface area contributed by atoms with Crippen molar-refractivity contribution in [3.05, 3.63) is 30.1 Å². The van der Waals surface area contributed by atoms with Crippen molar-refractivity contribution < 1.29 is 14.3 Å². The molecule has 0 aromatic carbocycles. The summed E-state index contributed by atoms with van der Waals surface area (Å²) in [5.74, 6) is -0.558. The first-order valence-corrected chi connectivity index (χ1v) is 8.08. The van der Waals surface area contributed by atoms with Gasteiger partial charge in [-0.3, -0.25) is 14.6 Å². The Bertz CT molecular complexity index is 435. The van der Waals surface area contributed by atoms with Gasteiger partial charge in [0, 0.05) is 18.8 Å². The molecular formula is C17H26N2O3. The van der Waals surface area contributed by atoms with Crippen LogP contribution < -0.4 is 5.32 Å². The topological polar surface area (TPSA) is 68.3 Å². The molecule has 1 N–H and O–H groups in total. The molecule has 1 amide bonds. The summed E-state index contributed by atoms with van der Waals surface area (Å²) in [6, 6.07) is 3.34. The number of nitrogens with one attached hydrogen (secondary N) is 1. The monoisotopic (exact) mass is 306 g/mol. The molecule has 1 heterocycles. The number of rotatable bonds is 11. The van der Waals surface area contributed by atoms with Gasteiger partial charge in [-0.1, -0.05) is 45.4 Å². The maximum atomic E-state index is 11.7. The number of pyridine rings is 1. The summed E-state index contributed by atoms with van der Waals surface area (Å²) in [6.07, 6.45) is 11.6. The summed E-state index contributed by atoms with van der Waals surface area (Å²) >= 11 is 0. The van der Waals surface area contributed by atoms with E-state index < -0.39 is 0 Å². The number of hydrogen-bond acceptors (Lipinski definition) is 4. The Labute approximate surface area is 132 Å². The summed E-state index contributed by atoms with van der Waals surface area (Å²) in [7, 11) is 0. The molecule has 0 aliphatic carbocycles. The Morgan fingerprint density at radius 3 is 2.55 bits per heavy atom. The van der Waals surface area contributed by atoms with Gasteiger partial charge in [-0.05, 0) is 18.6 Å². The van der Waals surface area contributed by atoms with Crippen LogP contribution >= 0.6 is 0 Å². The second kappa shape index (κ2) is 11.7. The highest BCUT2D eigenvalue weighted by Crippen LogP contribution is 2.08. The van der Waals surface area contributed by atoms with Gasteiger partial charge in [-0.15, -0.1) is 0 Å². The van der Waals surface area contributed by atoms with E-state index in [1.54, 1.807) is 18.3 Å². The largest absolute Gasteiger partial charge is 0.444 e. The molecule has 122 valence electrons. The number of aromatic nitrogens is 1. The number of ether oxygens (including phenoxy) is 1. The number of carbonyl (C=O) groups excluding carboxylic acids is 2. The van der Waals surface area contributed by atoms with Crippen LogP contribution in [0.3, 0.4) is 0 Å². The van der Waals surface area contributed by atoms with Crippen molar-refractivity contribution in [2.24, 2.45) is 0 Å². The molecule has 0 saturated heterocycles. The van der Waals surface area contributed by atoms with Gasteiger partial charge in [0.05, 0.1) is 5.56 Å². The van der Waals surface area contributed by atoms with E-state index in [-0.39, 0.29) is 18.6 Å². The van der Waals surface area contributed by atoms with Crippen LogP contribution in [0.15, 0.2) is 24.5 Å². The molecule has 0 saturated carbocycles. The third-order valence-electron chi connectivity index (χ3n) is 3.37. The molecule has 5 nitrogen and oxygen atoms in total. The lowest BCUT2D eigenvalue weighted by Gasteiger charge is -2.06. The SMILES string of the molecule is CCCCCCCCCC(=O)OCNC(=O)c1cccnc1. The summed E-state index contributed by atoms with van der Waals surface area (Å²) in [5.41, 5.74) is 0.450. The van der Waals surface area contributed by atoms with Gasteiger partial charge >= 0.3 is 5.97 Å². The average Bonchev–Trinajstić information content (AvgIpc) is 2.54. The fourth-order valence-electron chi connectivity index (χ4n) is 2.08. The van der Waals surface area contributed by atoms with Gasteiger partial charge in [0.25, 0.3) is 5.91 Å². The molecule has 0 aliphatic heterocycles. The van der Waals surface area contributed by atoms with E-state index in [4.69, 9.17) is 4.74 Å². The van der Waals surface area contributed by atoms with Gasteiger partial charge in [0.15, 0.2) is 6.73 Å². The molecule has 0 radical (unpaired) electrons. The van der Waals surface area contributed by atoms with Gasteiger partial charge in [0.1, 0.15) is 0 Å². The van der Waals surface area contributed by atoms with Crippen molar-refractivity contribution in [1.82, 2.24) is 10.3 Å². The standard InChI is InChI=1S/C17H26N2O3/c1-2-3-4-5-6-7-8-11-16(20)22-14-19-17(21)15-10-9-12-18-13-15/h9-10,12-13H,2-8,11,14H2,1H3,(H,19,21). The van der Waals surface area contributed by atoms with Crippen molar-refractivity contribution >= 4 is 11.9 Å². The third-order valence-corrected chi connectivity index (χ3v) is 3.37. The first kappa shape index (κ1) is 18.1. The fourth-order valence-corrected chi connectivity index (χ4v) is 2.08. The van der Waals surface area contributed by atoms with E-state index in [0.717, 1.165) is 12.8 Å². The summed E-state index contributed by atoms with van der Waals surface area (Å²) in [6.45, 7) is 2.10. The molecular weight excluding hydrogens is 280 g/mol. The minimum Gasteiger partial charge on any atom is -0.444 e. The van der Waals surface area contributed by atoms with Crippen molar-refractivity contribution in [1.29, 1.82) is 0 Å². The maximum absolute atomic E-state index is 11.7. The number of nitrogens with zero attached hydrogens (tertiary/aromatic N) is 1. The van der Waals surface area contributed by atoms with E-state index in [0.29, 0.717) is 12.0 Å². The summed E-state index contributed by atoms with van der Waals surface area (Å²) in [5, 5.41) is 2.53. The number of carbonyl (C=O) groups is 2. The number of esters is 1. The lowest BCUT2D eigenvalue weighted by molar-refractivity contribution is -0.144.